The van der Waals surface area contributed by atoms with Crippen LogP contribution in [0.1, 0.15) is 39.0 Å². The van der Waals surface area contributed by atoms with Crippen LogP contribution in [-0.2, 0) is 0 Å². The SMILES string of the molecule is CC1(CN2CCCN3CCCC3C2)CCCNC1. The van der Waals surface area contributed by atoms with E-state index in [9.17, 15) is 0 Å². The number of hydrogen-bond donors (Lipinski definition) is 1. The van der Waals surface area contributed by atoms with Gasteiger partial charge >= 0.3 is 0 Å². The van der Waals surface area contributed by atoms with Crippen LogP contribution in [0, 0.1) is 5.41 Å². The fourth-order valence-electron chi connectivity index (χ4n) is 4.22. The van der Waals surface area contributed by atoms with Crippen LogP contribution in [0.5, 0.6) is 0 Å². The van der Waals surface area contributed by atoms with Crippen LogP contribution in [-0.4, -0.2) is 61.7 Å². The third kappa shape index (κ3) is 2.89. The molecule has 0 aromatic heterocycles. The molecule has 3 saturated heterocycles. The largest absolute Gasteiger partial charge is 0.316 e. The summed E-state index contributed by atoms with van der Waals surface area (Å²) in [4.78, 5) is 5.50. The van der Waals surface area contributed by atoms with Crippen molar-refractivity contribution in [3.8, 4) is 0 Å². The average Bonchev–Trinajstić information content (AvgIpc) is 2.69. The van der Waals surface area contributed by atoms with Crippen molar-refractivity contribution < 1.29 is 0 Å². The fourth-order valence-corrected chi connectivity index (χ4v) is 4.22. The van der Waals surface area contributed by atoms with Gasteiger partial charge in [-0.05, 0) is 63.7 Å². The van der Waals surface area contributed by atoms with Gasteiger partial charge < -0.3 is 10.2 Å². The molecule has 3 rings (SSSR count). The predicted molar refractivity (Wildman–Crippen MR) is 75.9 cm³/mol. The average molecular weight is 251 g/mol. The fraction of sp³-hybridized carbons (Fsp3) is 1.00. The molecule has 3 heteroatoms. The second-order valence-corrected chi connectivity index (χ2v) is 7.01. The molecule has 2 atom stereocenters. The van der Waals surface area contributed by atoms with Gasteiger partial charge in [0, 0.05) is 25.7 Å². The number of piperidine rings is 1. The molecule has 0 saturated carbocycles. The monoisotopic (exact) mass is 251 g/mol. The van der Waals surface area contributed by atoms with E-state index in [4.69, 9.17) is 0 Å². The topological polar surface area (TPSA) is 18.5 Å². The molecule has 3 nitrogen and oxygen atoms in total. The lowest BCUT2D eigenvalue weighted by atomic mass is 9.82. The number of nitrogens with one attached hydrogen (secondary N) is 1. The Morgan fingerprint density at radius 2 is 2.06 bits per heavy atom. The first-order valence-electron chi connectivity index (χ1n) is 7.92. The van der Waals surface area contributed by atoms with Crippen LogP contribution in [0.25, 0.3) is 0 Å². The van der Waals surface area contributed by atoms with Crippen LogP contribution < -0.4 is 5.32 Å². The third-order valence-corrected chi connectivity index (χ3v) is 5.18. The smallest absolute Gasteiger partial charge is 0.0223 e. The molecule has 0 amide bonds. The summed E-state index contributed by atoms with van der Waals surface area (Å²) in [7, 11) is 0. The van der Waals surface area contributed by atoms with Gasteiger partial charge in [-0.3, -0.25) is 4.90 Å². The van der Waals surface area contributed by atoms with Crippen molar-refractivity contribution in [2.45, 2.75) is 45.1 Å². The van der Waals surface area contributed by atoms with E-state index in [0.29, 0.717) is 5.41 Å². The molecule has 0 spiro atoms. The maximum atomic E-state index is 3.59. The van der Waals surface area contributed by atoms with Gasteiger partial charge in [0.15, 0.2) is 0 Å². The first kappa shape index (κ1) is 12.9. The minimum Gasteiger partial charge on any atom is -0.316 e. The standard InChI is InChI=1S/C15H29N3/c1-15(6-3-7-16-12-15)13-17-8-4-10-18-9-2-5-14(18)11-17/h14,16H,2-13H2,1H3. The van der Waals surface area contributed by atoms with Crippen LogP contribution in [0.2, 0.25) is 0 Å². The second kappa shape index (κ2) is 5.48. The molecule has 0 aromatic carbocycles. The zero-order chi connectivity index (χ0) is 12.4. The Morgan fingerprint density at radius 1 is 1.17 bits per heavy atom. The maximum absolute atomic E-state index is 3.59. The lowest BCUT2D eigenvalue weighted by Crippen LogP contribution is -2.47. The van der Waals surface area contributed by atoms with Gasteiger partial charge in [-0.1, -0.05) is 6.92 Å². The summed E-state index contributed by atoms with van der Waals surface area (Å²) in [5.41, 5.74) is 0.520. The maximum Gasteiger partial charge on any atom is 0.0223 e. The minimum absolute atomic E-state index is 0.520. The number of rotatable bonds is 2. The van der Waals surface area contributed by atoms with Crippen LogP contribution in [0.3, 0.4) is 0 Å². The van der Waals surface area contributed by atoms with E-state index in [1.54, 1.807) is 0 Å². The van der Waals surface area contributed by atoms with E-state index in [0.717, 1.165) is 6.04 Å². The van der Waals surface area contributed by atoms with E-state index in [2.05, 4.69) is 22.0 Å². The molecule has 0 radical (unpaired) electrons. The van der Waals surface area contributed by atoms with Crippen molar-refractivity contribution in [3.05, 3.63) is 0 Å². The molecule has 3 fully saturated rings. The highest BCUT2D eigenvalue weighted by Gasteiger charge is 2.33. The summed E-state index contributed by atoms with van der Waals surface area (Å²) in [6.45, 7) is 11.6. The molecule has 0 bridgehead atoms. The van der Waals surface area contributed by atoms with E-state index in [1.807, 2.05) is 0 Å². The molecule has 0 aliphatic carbocycles. The molecule has 104 valence electrons. The molecule has 18 heavy (non-hydrogen) atoms. The Kier molecular flexibility index (Phi) is 3.92. The van der Waals surface area contributed by atoms with Gasteiger partial charge in [-0.15, -0.1) is 0 Å². The lowest BCUT2D eigenvalue weighted by Gasteiger charge is -2.39. The highest BCUT2D eigenvalue weighted by Crippen LogP contribution is 2.29. The minimum atomic E-state index is 0.520. The van der Waals surface area contributed by atoms with Gasteiger partial charge in [-0.2, -0.15) is 0 Å². The van der Waals surface area contributed by atoms with Crippen molar-refractivity contribution in [1.29, 1.82) is 0 Å². The first-order chi connectivity index (χ1) is 8.75. The molecule has 0 aromatic rings. The quantitative estimate of drug-likeness (QED) is 0.803. The van der Waals surface area contributed by atoms with Gasteiger partial charge in [0.25, 0.3) is 0 Å². The van der Waals surface area contributed by atoms with Gasteiger partial charge in [0.05, 0.1) is 0 Å². The van der Waals surface area contributed by atoms with E-state index in [1.165, 1.54) is 77.9 Å². The van der Waals surface area contributed by atoms with Crippen LogP contribution in [0.4, 0.5) is 0 Å². The predicted octanol–water partition coefficient (Wildman–Crippen LogP) is 1.55. The van der Waals surface area contributed by atoms with Crippen molar-refractivity contribution >= 4 is 0 Å². The summed E-state index contributed by atoms with van der Waals surface area (Å²) in [6.07, 6.45) is 7.01. The van der Waals surface area contributed by atoms with Gasteiger partial charge in [0.2, 0.25) is 0 Å². The van der Waals surface area contributed by atoms with Gasteiger partial charge in [0.1, 0.15) is 0 Å². The first-order valence-corrected chi connectivity index (χ1v) is 7.92. The van der Waals surface area contributed by atoms with Crippen molar-refractivity contribution in [1.82, 2.24) is 15.1 Å². The zero-order valence-electron chi connectivity index (χ0n) is 12.0. The lowest BCUT2D eigenvalue weighted by molar-refractivity contribution is 0.124. The van der Waals surface area contributed by atoms with Crippen molar-refractivity contribution in [2.24, 2.45) is 5.41 Å². The summed E-state index contributed by atoms with van der Waals surface area (Å²) in [5, 5.41) is 3.59. The number of hydrogen-bond acceptors (Lipinski definition) is 3. The summed E-state index contributed by atoms with van der Waals surface area (Å²) >= 11 is 0. The molecule has 3 heterocycles. The van der Waals surface area contributed by atoms with E-state index in [-0.39, 0.29) is 0 Å². The van der Waals surface area contributed by atoms with Crippen LogP contribution >= 0.6 is 0 Å². The van der Waals surface area contributed by atoms with Gasteiger partial charge in [-0.25, -0.2) is 0 Å². The molecule has 3 aliphatic rings. The summed E-state index contributed by atoms with van der Waals surface area (Å²) in [6, 6.07) is 0.868. The number of nitrogens with zero attached hydrogens (tertiary/aromatic N) is 2. The summed E-state index contributed by atoms with van der Waals surface area (Å²) in [5.74, 6) is 0. The summed E-state index contributed by atoms with van der Waals surface area (Å²) < 4.78 is 0. The second-order valence-electron chi connectivity index (χ2n) is 7.01. The van der Waals surface area contributed by atoms with Crippen LogP contribution in [0.15, 0.2) is 0 Å². The Morgan fingerprint density at radius 3 is 2.89 bits per heavy atom. The van der Waals surface area contributed by atoms with Crippen molar-refractivity contribution in [2.75, 3.05) is 45.8 Å². The van der Waals surface area contributed by atoms with Crippen molar-refractivity contribution in [3.63, 3.8) is 0 Å². The normalized spacial score (nSPS) is 39.5. The molecular formula is C15H29N3. The molecule has 3 aliphatic heterocycles. The highest BCUT2D eigenvalue weighted by atomic mass is 15.3. The number of fused-ring (bicyclic) bond motifs is 1. The Bertz CT molecular complexity index is 273. The highest BCUT2D eigenvalue weighted by molar-refractivity contribution is 4.89. The van der Waals surface area contributed by atoms with E-state index < -0.39 is 0 Å². The molecule has 2 unspecified atom stereocenters. The third-order valence-electron chi connectivity index (χ3n) is 5.18. The Labute approximate surface area is 112 Å². The Balaban J connectivity index is 1.58. The molecule has 1 N–H and O–H groups in total. The molecular weight excluding hydrogens is 222 g/mol. The Hall–Kier alpha value is -0.120. The zero-order valence-corrected chi connectivity index (χ0v) is 12.0. The van der Waals surface area contributed by atoms with E-state index >= 15 is 0 Å².